The number of anilines is 1. The number of hydrogen-bond donors (Lipinski definition) is 1. The Bertz CT molecular complexity index is 859. The first-order chi connectivity index (χ1) is 13.6. The van der Waals surface area contributed by atoms with Crippen LogP contribution < -0.4 is 10.2 Å². The van der Waals surface area contributed by atoms with E-state index in [1.165, 1.54) is 23.8 Å². The van der Waals surface area contributed by atoms with Crippen molar-refractivity contribution < 1.29 is 23.9 Å². The van der Waals surface area contributed by atoms with Crippen molar-refractivity contribution in [2.75, 3.05) is 24.3 Å². The van der Waals surface area contributed by atoms with Gasteiger partial charge in [0.2, 0.25) is 0 Å². The number of nitrogens with one attached hydrogen (secondary N) is 1. The zero-order valence-corrected chi connectivity index (χ0v) is 16.1. The number of amides is 2. The topological polar surface area (TPSA) is 84.9 Å². The Balaban J connectivity index is 1.70. The van der Waals surface area contributed by atoms with Crippen LogP contribution in [0.2, 0.25) is 0 Å². The summed E-state index contributed by atoms with van der Waals surface area (Å²) < 4.78 is 9.92. The third-order valence-corrected chi connectivity index (χ3v) is 5.30. The molecule has 2 amide bonds. The summed E-state index contributed by atoms with van der Waals surface area (Å²) in [7, 11) is 1.27. The Morgan fingerprint density at radius 3 is 2.61 bits per heavy atom. The SMILES string of the molecule is COC(=O)CN1C(=O)[C@@H](NC(=O)OCc2ccccc2)CSc2ccccc21. The molecule has 0 unspecified atom stereocenters. The first kappa shape index (κ1) is 19.8. The van der Waals surface area contributed by atoms with Gasteiger partial charge in [0.1, 0.15) is 19.2 Å². The van der Waals surface area contributed by atoms with Gasteiger partial charge in [0.05, 0.1) is 12.8 Å². The maximum atomic E-state index is 13.0. The third kappa shape index (κ3) is 4.83. The molecule has 0 bridgehead atoms. The van der Waals surface area contributed by atoms with Crippen molar-refractivity contribution in [3.8, 4) is 0 Å². The van der Waals surface area contributed by atoms with E-state index in [1.54, 1.807) is 12.1 Å². The van der Waals surface area contributed by atoms with E-state index in [9.17, 15) is 14.4 Å². The number of rotatable bonds is 5. The van der Waals surface area contributed by atoms with Crippen LogP contribution >= 0.6 is 11.8 Å². The lowest BCUT2D eigenvalue weighted by molar-refractivity contribution is -0.140. The minimum Gasteiger partial charge on any atom is -0.468 e. The molecule has 2 aromatic rings. The van der Waals surface area contributed by atoms with Gasteiger partial charge in [-0.05, 0) is 17.7 Å². The molecule has 3 rings (SSSR count). The van der Waals surface area contributed by atoms with E-state index in [2.05, 4.69) is 5.32 Å². The molecule has 7 nitrogen and oxygen atoms in total. The van der Waals surface area contributed by atoms with E-state index in [1.807, 2.05) is 42.5 Å². The van der Waals surface area contributed by atoms with Gasteiger partial charge in [0, 0.05) is 10.6 Å². The van der Waals surface area contributed by atoms with Crippen molar-refractivity contribution in [3.63, 3.8) is 0 Å². The number of para-hydroxylation sites is 1. The lowest BCUT2D eigenvalue weighted by atomic mass is 10.2. The van der Waals surface area contributed by atoms with Gasteiger partial charge in [-0.1, -0.05) is 42.5 Å². The molecule has 8 heteroatoms. The molecule has 28 heavy (non-hydrogen) atoms. The second kappa shape index (κ2) is 9.27. The molecule has 1 N–H and O–H groups in total. The Hall–Kier alpha value is -3.00. The summed E-state index contributed by atoms with van der Waals surface area (Å²) >= 11 is 1.43. The van der Waals surface area contributed by atoms with Crippen LogP contribution in [0, 0.1) is 0 Å². The number of ether oxygens (including phenoxy) is 2. The summed E-state index contributed by atoms with van der Waals surface area (Å²) in [6, 6.07) is 15.7. The lowest BCUT2D eigenvalue weighted by Crippen LogP contribution is -2.50. The molecule has 0 aliphatic carbocycles. The zero-order chi connectivity index (χ0) is 19.9. The molecule has 1 atom stereocenters. The monoisotopic (exact) mass is 400 g/mol. The summed E-state index contributed by atoms with van der Waals surface area (Å²) in [4.78, 5) is 39.2. The molecule has 0 saturated heterocycles. The van der Waals surface area contributed by atoms with Crippen molar-refractivity contribution in [1.29, 1.82) is 0 Å². The molecule has 0 radical (unpaired) electrons. The van der Waals surface area contributed by atoms with E-state index < -0.39 is 18.1 Å². The molecular formula is C20H20N2O5S. The predicted molar refractivity (Wildman–Crippen MR) is 105 cm³/mol. The van der Waals surface area contributed by atoms with Crippen LogP contribution in [0.1, 0.15) is 5.56 Å². The molecule has 1 heterocycles. The van der Waals surface area contributed by atoms with Gasteiger partial charge in [-0.3, -0.25) is 14.5 Å². The quantitative estimate of drug-likeness (QED) is 0.777. The normalized spacial score (nSPS) is 16.0. The Morgan fingerprint density at radius 2 is 1.86 bits per heavy atom. The fraction of sp³-hybridized carbons (Fsp3) is 0.250. The first-order valence-electron chi connectivity index (χ1n) is 8.65. The number of thioether (sulfide) groups is 1. The highest BCUT2D eigenvalue weighted by atomic mass is 32.2. The van der Waals surface area contributed by atoms with Crippen LogP contribution in [0.5, 0.6) is 0 Å². The highest BCUT2D eigenvalue weighted by Gasteiger charge is 2.33. The predicted octanol–water partition coefficient (Wildman–Crippen LogP) is 2.59. The number of fused-ring (bicyclic) bond motifs is 1. The van der Waals surface area contributed by atoms with Gasteiger partial charge in [0.15, 0.2) is 0 Å². The first-order valence-corrected chi connectivity index (χ1v) is 9.64. The van der Waals surface area contributed by atoms with E-state index in [4.69, 9.17) is 9.47 Å². The Morgan fingerprint density at radius 1 is 1.14 bits per heavy atom. The Labute approximate surface area is 167 Å². The molecule has 0 fully saturated rings. The highest BCUT2D eigenvalue weighted by molar-refractivity contribution is 7.99. The van der Waals surface area contributed by atoms with Crippen molar-refractivity contribution in [1.82, 2.24) is 5.32 Å². The van der Waals surface area contributed by atoms with Crippen LogP contribution in [-0.2, 0) is 25.7 Å². The van der Waals surface area contributed by atoms with Gasteiger partial charge < -0.3 is 14.8 Å². The van der Waals surface area contributed by atoms with Crippen molar-refractivity contribution >= 4 is 35.4 Å². The Kier molecular flexibility index (Phi) is 6.54. The smallest absolute Gasteiger partial charge is 0.408 e. The summed E-state index contributed by atoms with van der Waals surface area (Å²) in [5, 5.41) is 2.61. The number of carbonyl (C=O) groups excluding carboxylic acids is 3. The molecule has 0 saturated carbocycles. The minimum atomic E-state index is -0.828. The summed E-state index contributed by atoms with van der Waals surface area (Å²) in [5.74, 6) is -0.603. The van der Waals surface area contributed by atoms with Crippen LogP contribution in [0.4, 0.5) is 10.5 Å². The van der Waals surface area contributed by atoms with Crippen molar-refractivity contribution in [2.24, 2.45) is 0 Å². The maximum Gasteiger partial charge on any atom is 0.408 e. The molecule has 1 aliphatic heterocycles. The number of hydrogen-bond acceptors (Lipinski definition) is 6. The number of alkyl carbamates (subject to hydrolysis) is 1. The molecule has 1 aliphatic rings. The number of nitrogens with zero attached hydrogens (tertiary/aromatic N) is 1. The van der Waals surface area contributed by atoms with E-state index >= 15 is 0 Å². The fourth-order valence-electron chi connectivity index (χ4n) is 2.72. The third-order valence-electron chi connectivity index (χ3n) is 4.15. The standard InChI is InChI=1S/C20H20N2O5S/c1-26-18(23)11-22-16-9-5-6-10-17(16)28-13-15(19(22)24)21-20(25)27-12-14-7-3-2-4-8-14/h2-10,15H,11-13H2,1H3,(H,21,25)/t15-/m0/s1. The van der Waals surface area contributed by atoms with Crippen molar-refractivity contribution in [2.45, 2.75) is 17.5 Å². The average molecular weight is 400 g/mol. The largest absolute Gasteiger partial charge is 0.468 e. The molecule has 0 aromatic heterocycles. The van der Waals surface area contributed by atoms with Gasteiger partial charge in [0.25, 0.3) is 5.91 Å². The van der Waals surface area contributed by atoms with Crippen LogP contribution in [0.15, 0.2) is 59.5 Å². The fourth-order valence-corrected chi connectivity index (χ4v) is 3.79. The minimum absolute atomic E-state index is 0.104. The number of methoxy groups -OCH3 is 1. The average Bonchev–Trinajstić information content (AvgIpc) is 2.85. The lowest BCUT2D eigenvalue weighted by Gasteiger charge is -2.24. The molecular weight excluding hydrogens is 380 g/mol. The van der Waals surface area contributed by atoms with E-state index in [-0.39, 0.29) is 19.1 Å². The van der Waals surface area contributed by atoms with Crippen LogP contribution in [-0.4, -0.2) is 43.4 Å². The van der Waals surface area contributed by atoms with Gasteiger partial charge in [-0.2, -0.15) is 0 Å². The highest BCUT2D eigenvalue weighted by Crippen LogP contribution is 2.34. The van der Waals surface area contributed by atoms with Gasteiger partial charge in [-0.25, -0.2) is 4.79 Å². The van der Waals surface area contributed by atoms with E-state index in [0.29, 0.717) is 11.4 Å². The molecule has 2 aromatic carbocycles. The van der Waals surface area contributed by atoms with Gasteiger partial charge in [-0.15, -0.1) is 11.8 Å². The van der Waals surface area contributed by atoms with Crippen molar-refractivity contribution in [3.05, 3.63) is 60.2 Å². The maximum absolute atomic E-state index is 13.0. The van der Waals surface area contributed by atoms with Crippen LogP contribution in [0.25, 0.3) is 0 Å². The second-order valence-electron chi connectivity index (χ2n) is 6.04. The van der Waals surface area contributed by atoms with Gasteiger partial charge >= 0.3 is 12.1 Å². The second-order valence-corrected chi connectivity index (χ2v) is 7.10. The molecule has 146 valence electrons. The zero-order valence-electron chi connectivity index (χ0n) is 15.3. The summed E-state index contributed by atoms with van der Waals surface area (Å²) in [6.07, 6.45) is -0.688. The number of benzene rings is 2. The number of carbonyl (C=O) groups is 3. The summed E-state index contributed by atoms with van der Waals surface area (Å²) in [5.41, 5.74) is 1.46. The summed E-state index contributed by atoms with van der Waals surface area (Å²) in [6.45, 7) is -0.128. The number of esters is 1. The molecule has 0 spiro atoms. The van der Waals surface area contributed by atoms with E-state index in [0.717, 1.165) is 10.5 Å². The van der Waals surface area contributed by atoms with Crippen LogP contribution in [0.3, 0.4) is 0 Å².